The molecule has 23 heavy (non-hydrogen) atoms. The van der Waals surface area contributed by atoms with Gasteiger partial charge in [-0.1, -0.05) is 36.4 Å². The Morgan fingerprint density at radius 3 is 2.52 bits per heavy atom. The van der Waals surface area contributed by atoms with Gasteiger partial charge in [-0.15, -0.1) is 11.3 Å². The summed E-state index contributed by atoms with van der Waals surface area (Å²) in [6, 6.07) is 18.6. The number of hydrogen-bond donors (Lipinski definition) is 2. The third-order valence-electron chi connectivity index (χ3n) is 3.67. The Hall–Kier alpha value is -2.01. The fourth-order valence-electron chi connectivity index (χ4n) is 2.47. The molecule has 0 bridgehead atoms. The summed E-state index contributed by atoms with van der Waals surface area (Å²) in [5.41, 5.74) is 2.97. The van der Waals surface area contributed by atoms with Gasteiger partial charge in [-0.05, 0) is 41.0 Å². The Labute approximate surface area is 139 Å². The van der Waals surface area contributed by atoms with E-state index in [1.54, 1.807) is 23.5 Å². The van der Waals surface area contributed by atoms with Crippen LogP contribution in [-0.4, -0.2) is 5.11 Å². The second kappa shape index (κ2) is 7.51. The number of nitrogens with one attached hydrogen (secondary N) is 1. The van der Waals surface area contributed by atoms with Crippen molar-refractivity contribution >= 4 is 11.3 Å². The van der Waals surface area contributed by atoms with Crippen LogP contribution in [0.4, 0.5) is 4.39 Å². The Morgan fingerprint density at radius 1 is 0.913 bits per heavy atom. The van der Waals surface area contributed by atoms with Gasteiger partial charge in [0.05, 0.1) is 6.61 Å². The zero-order chi connectivity index (χ0) is 16.1. The molecule has 118 valence electrons. The van der Waals surface area contributed by atoms with Gasteiger partial charge < -0.3 is 10.4 Å². The lowest BCUT2D eigenvalue weighted by Gasteiger charge is -2.08. The van der Waals surface area contributed by atoms with Crippen LogP contribution in [0, 0.1) is 5.82 Å². The van der Waals surface area contributed by atoms with Crippen LogP contribution in [0.2, 0.25) is 0 Å². The van der Waals surface area contributed by atoms with Crippen molar-refractivity contribution in [2.45, 2.75) is 19.7 Å². The van der Waals surface area contributed by atoms with Crippen LogP contribution in [-0.2, 0) is 19.7 Å². The molecule has 0 aliphatic heterocycles. The van der Waals surface area contributed by atoms with E-state index < -0.39 is 0 Å². The molecule has 2 nitrogen and oxygen atoms in total. The SMILES string of the molecule is OCc1ccccc1CNCc1ccc(-c2cccc(F)c2)s1. The minimum absolute atomic E-state index is 0.0561. The number of halogens is 1. The van der Waals surface area contributed by atoms with Crippen LogP contribution in [0.5, 0.6) is 0 Å². The maximum Gasteiger partial charge on any atom is 0.123 e. The zero-order valence-electron chi connectivity index (χ0n) is 12.6. The summed E-state index contributed by atoms with van der Waals surface area (Å²) >= 11 is 1.66. The zero-order valence-corrected chi connectivity index (χ0v) is 13.4. The van der Waals surface area contributed by atoms with E-state index in [0.717, 1.165) is 28.1 Å². The van der Waals surface area contributed by atoms with Gasteiger partial charge in [0.2, 0.25) is 0 Å². The lowest BCUT2D eigenvalue weighted by molar-refractivity contribution is 0.280. The molecule has 2 aromatic carbocycles. The molecule has 0 fully saturated rings. The summed E-state index contributed by atoms with van der Waals surface area (Å²) in [6.07, 6.45) is 0. The molecule has 2 N–H and O–H groups in total. The fourth-order valence-corrected chi connectivity index (χ4v) is 3.45. The Kier molecular flexibility index (Phi) is 5.18. The number of thiophene rings is 1. The standard InChI is InChI=1S/C19H18FNOS/c20-17-7-3-6-14(10-17)19-9-8-18(23-19)12-21-11-15-4-1-2-5-16(15)13-22/h1-10,21-22H,11-13H2. The lowest BCUT2D eigenvalue weighted by Crippen LogP contribution is -2.13. The van der Waals surface area contributed by atoms with Crippen LogP contribution in [0.1, 0.15) is 16.0 Å². The van der Waals surface area contributed by atoms with Gasteiger partial charge in [0.25, 0.3) is 0 Å². The van der Waals surface area contributed by atoms with Gasteiger partial charge in [-0.3, -0.25) is 0 Å². The summed E-state index contributed by atoms with van der Waals surface area (Å²) in [6.45, 7) is 1.52. The Balaban J connectivity index is 1.61. The highest BCUT2D eigenvalue weighted by Crippen LogP contribution is 2.28. The second-order valence-corrected chi connectivity index (χ2v) is 6.48. The van der Waals surface area contributed by atoms with Crippen molar-refractivity contribution in [3.05, 3.63) is 82.5 Å². The van der Waals surface area contributed by atoms with Gasteiger partial charge in [-0.2, -0.15) is 0 Å². The number of aliphatic hydroxyl groups is 1. The minimum Gasteiger partial charge on any atom is -0.392 e. The molecular formula is C19H18FNOS. The van der Waals surface area contributed by atoms with Crippen LogP contribution in [0.25, 0.3) is 10.4 Å². The monoisotopic (exact) mass is 327 g/mol. The molecule has 1 aromatic heterocycles. The van der Waals surface area contributed by atoms with Crippen molar-refractivity contribution < 1.29 is 9.50 Å². The molecule has 4 heteroatoms. The number of rotatable bonds is 6. The molecule has 0 atom stereocenters. The molecule has 0 amide bonds. The van der Waals surface area contributed by atoms with Crippen LogP contribution < -0.4 is 5.32 Å². The van der Waals surface area contributed by atoms with Crippen LogP contribution in [0.15, 0.2) is 60.7 Å². The molecular weight excluding hydrogens is 309 g/mol. The van der Waals surface area contributed by atoms with Gasteiger partial charge in [-0.25, -0.2) is 4.39 Å². The van der Waals surface area contributed by atoms with E-state index >= 15 is 0 Å². The van der Waals surface area contributed by atoms with Gasteiger partial charge in [0.1, 0.15) is 5.82 Å². The van der Waals surface area contributed by atoms with E-state index in [-0.39, 0.29) is 12.4 Å². The third-order valence-corrected chi connectivity index (χ3v) is 4.81. The van der Waals surface area contributed by atoms with E-state index in [1.807, 2.05) is 36.4 Å². The summed E-state index contributed by atoms with van der Waals surface area (Å²) in [4.78, 5) is 2.27. The van der Waals surface area contributed by atoms with Crippen molar-refractivity contribution in [1.29, 1.82) is 0 Å². The van der Waals surface area contributed by atoms with E-state index in [0.29, 0.717) is 6.54 Å². The first-order valence-electron chi connectivity index (χ1n) is 7.49. The predicted octanol–water partition coefficient (Wildman–Crippen LogP) is 4.34. The maximum absolute atomic E-state index is 13.3. The number of aliphatic hydroxyl groups excluding tert-OH is 1. The molecule has 1 heterocycles. The van der Waals surface area contributed by atoms with Crippen molar-refractivity contribution in [1.82, 2.24) is 5.32 Å². The van der Waals surface area contributed by atoms with Gasteiger partial charge in [0, 0.05) is 22.8 Å². The van der Waals surface area contributed by atoms with Crippen molar-refractivity contribution in [3.8, 4) is 10.4 Å². The fraction of sp³-hybridized carbons (Fsp3) is 0.158. The normalized spacial score (nSPS) is 10.9. The summed E-state index contributed by atoms with van der Waals surface area (Å²) in [7, 11) is 0. The summed E-state index contributed by atoms with van der Waals surface area (Å²) in [5, 5.41) is 12.7. The third kappa shape index (κ3) is 4.05. The molecule has 0 aliphatic carbocycles. The van der Waals surface area contributed by atoms with E-state index in [9.17, 15) is 9.50 Å². The molecule has 0 saturated heterocycles. The quantitative estimate of drug-likeness (QED) is 0.706. The topological polar surface area (TPSA) is 32.3 Å². The summed E-state index contributed by atoms with van der Waals surface area (Å²) in [5.74, 6) is -0.212. The highest BCUT2D eigenvalue weighted by Gasteiger charge is 2.05. The Morgan fingerprint density at radius 2 is 1.74 bits per heavy atom. The van der Waals surface area contributed by atoms with Crippen molar-refractivity contribution in [2.75, 3.05) is 0 Å². The predicted molar refractivity (Wildman–Crippen MR) is 92.6 cm³/mol. The average Bonchev–Trinajstić information content (AvgIpc) is 3.04. The molecule has 0 saturated carbocycles. The molecule has 3 aromatic rings. The van der Waals surface area contributed by atoms with E-state index in [1.165, 1.54) is 10.9 Å². The largest absolute Gasteiger partial charge is 0.392 e. The van der Waals surface area contributed by atoms with Crippen LogP contribution >= 0.6 is 11.3 Å². The van der Waals surface area contributed by atoms with Crippen LogP contribution in [0.3, 0.4) is 0 Å². The summed E-state index contributed by atoms with van der Waals surface area (Å²) < 4.78 is 13.3. The average molecular weight is 327 g/mol. The van der Waals surface area contributed by atoms with Gasteiger partial charge >= 0.3 is 0 Å². The molecule has 0 radical (unpaired) electrons. The maximum atomic E-state index is 13.3. The van der Waals surface area contributed by atoms with E-state index in [4.69, 9.17) is 0 Å². The lowest BCUT2D eigenvalue weighted by atomic mass is 10.1. The first-order valence-corrected chi connectivity index (χ1v) is 8.31. The first kappa shape index (κ1) is 15.9. The molecule has 0 spiro atoms. The highest BCUT2D eigenvalue weighted by atomic mass is 32.1. The van der Waals surface area contributed by atoms with Crippen molar-refractivity contribution in [3.63, 3.8) is 0 Å². The Bertz CT molecular complexity index is 784. The van der Waals surface area contributed by atoms with E-state index in [2.05, 4.69) is 11.4 Å². The number of hydrogen-bond acceptors (Lipinski definition) is 3. The molecule has 3 rings (SSSR count). The number of benzene rings is 2. The molecule has 0 aliphatic rings. The van der Waals surface area contributed by atoms with Gasteiger partial charge in [0.15, 0.2) is 0 Å². The first-order chi connectivity index (χ1) is 11.3. The highest BCUT2D eigenvalue weighted by molar-refractivity contribution is 7.15. The molecule has 0 unspecified atom stereocenters. The smallest absolute Gasteiger partial charge is 0.123 e. The van der Waals surface area contributed by atoms with Crippen molar-refractivity contribution in [2.24, 2.45) is 0 Å². The minimum atomic E-state index is -0.212. The second-order valence-electron chi connectivity index (χ2n) is 5.31.